The van der Waals surface area contributed by atoms with Gasteiger partial charge in [0.05, 0.1) is 18.6 Å². The average Bonchev–Trinajstić information content (AvgIpc) is 2.96. The van der Waals surface area contributed by atoms with E-state index in [1.54, 1.807) is 0 Å². The Balaban J connectivity index is 1.93. The van der Waals surface area contributed by atoms with Crippen LogP contribution in [-0.2, 0) is 6.42 Å². The first-order valence-corrected chi connectivity index (χ1v) is 7.53. The van der Waals surface area contributed by atoms with Gasteiger partial charge in [0.1, 0.15) is 11.3 Å². The fourth-order valence-corrected chi connectivity index (χ4v) is 2.51. The number of aryl methyl sites for hydroxylation is 1. The first kappa shape index (κ1) is 13.7. The molecule has 0 radical (unpaired) electrons. The van der Waals surface area contributed by atoms with Gasteiger partial charge in [-0.25, -0.2) is 15.0 Å². The molecule has 0 N–H and O–H groups in total. The summed E-state index contributed by atoms with van der Waals surface area (Å²) in [5, 5.41) is 0. The first-order chi connectivity index (χ1) is 10.3. The van der Waals surface area contributed by atoms with E-state index in [9.17, 15) is 0 Å². The lowest BCUT2D eigenvalue weighted by atomic mass is 10.1. The van der Waals surface area contributed by atoms with Gasteiger partial charge in [-0.1, -0.05) is 43.7 Å². The summed E-state index contributed by atoms with van der Waals surface area (Å²) in [6.07, 6.45) is 6.96. The lowest BCUT2D eigenvalue weighted by Crippen LogP contribution is -2.06. The smallest absolute Gasteiger partial charge is 0.181 e. The zero-order valence-corrected chi connectivity index (χ0v) is 12.5. The minimum Gasteiger partial charge on any atom is -0.321 e. The fraction of sp³-hybridized carbons (Fsp3) is 0.353. The van der Waals surface area contributed by atoms with Gasteiger partial charge in [-0.3, -0.25) is 0 Å². The summed E-state index contributed by atoms with van der Waals surface area (Å²) in [5.41, 5.74) is 3.04. The molecule has 4 nitrogen and oxygen atoms in total. The molecule has 3 aromatic rings. The summed E-state index contributed by atoms with van der Waals surface area (Å²) < 4.78 is 2.13. The van der Waals surface area contributed by atoms with E-state index < -0.39 is 0 Å². The Morgan fingerprint density at radius 1 is 1.14 bits per heavy atom. The van der Waals surface area contributed by atoms with Crippen molar-refractivity contribution in [3.63, 3.8) is 0 Å². The van der Waals surface area contributed by atoms with Crippen LogP contribution >= 0.6 is 0 Å². The molecule has 0 aliphatic carbocycles. The number of imidazole rings is 1. The molecule has 0 saturated carbocycles. The molecular weight excluding hydrogens is 260 g/mol. The van der Waals surface area contributed by atoms with Gasteiger partial charge < -0.3 is 4.57 Å². The molecule has 1 atom stereocenters. The van der Waals surface area contributed by atoms with Gasteiger partial charge in [0.2, 0.25) is 0 Å². The van der Waals surface area contributed by atoms with Crippen molar-refractivity contribution in [2.24, 2.45) is 0 Å². The third-order valence-corrected chi connectivity index (χ3v) is 3.84. The minimum absolute atomic E-state index is 0.223. The second kappa shape index (κ2) is 6.04. The van der Waals surface area contributed by atoms with Crippen LogP contribution < -0.4 is 0 Å². The van der Waals surface area contributed by atoms with E-state index in [1.165, 1.54) is 5.56 Å². The molecule has 1 aromatic carbocycles. The Labute approximate surface area is 124 Å². The average molecular weight is 280 g/mol. The highest BCUT2D eigenvalue weighted by molar-refractivity contribution is 5.69. The van der Waals surface area contributed by atoms with Crippen LogP contribution in [0.3, 0.4) is 0 Å². The molecule has 0 amide bonds. The van der Waals surface area contributed by atoms with Crippen molar-refractivity contribution in [2.45, 2.75) is 39.2 Å². The van der Waals surface area contributed by atoms with E-state index in [-0.39, 0.29) is 6.04 Å². The monoisotopic (exact) mass is 280 g/mol. The normalized spacial score (nSPS) is 12.7. The Hall–Kier alpha value is -2.23. The van der Waals surface area contributed by atoms with Gasteiger partial charge in [0.25, 0.3) is 0 Å². The van der Waals surface area contributed by atoms with Crippen molar-refractivity contribution in [1.29, 1.82) is 0 Å². The summed E-state index contributed by atoms with van der Waals surface area (Å²) in [7, 11) is 0. The number of rotatable bonds is 5. The number of aromatic nitrogens is 4. The third kappa shape index (κ3) is 2.79. The topological polar surface area (TPSA) is 43.6 Å². The summed E-state index contributed by atoms with van der Waals surface area (Å²) in [5.74, 6) is 0.891. The first-order valence-electron chi connectivity index (χ1n) is 7.53. The number of fused-ring (bicyclic) bond motifs is 1. The van der Waals surface area contributed by atoms with Gasteiger partial charge in [-0.05, 0) is 18.9 Å². The van der Waals surface area contributed by atoms with Crippen molar-refractivity contribution in [2.75, 3.05) is 0 Å². The SMILES string of the molecule is CCCCc1ncc2c(ncn2C(C)c2ccccc2)n1. The van der Waals surface area contributed by atoms with Gasteiger partial charge in [-0.2, -0.15) is 0 Å². The molecular formula is C17H20N4. The third-order valence-electron chi connectivity index (χ3n) is 3.84. The Morgan fingerprint density at radius 3 is 2.71 bits per heavy atom. The molecule has 0 aliphatic rings. The molecule has 0 aliphatic heterocycles. The van der Waals surface area contributed by atoms with E-state index in [1.807, 2.05) is 18.6 Å². The summed E-state index contributed by atoms with van der Waals surface area (Å²) in [6.45, 7) is 4.34. The van der Waals surface area contributed by atoms with E-state index in [0.717, 1.165) is 36.3 Å². The molecule has 4 heteroatoms. The molecule has 21 heavy (non-hydrogen) atoms. The van der Waals surface area contributed by atoms with Crippen LogP contribution in [0.15, 0.2) is 42.9 Å². The molecule has 0 bridgehead atoms. The van der Waals surface area contributed by atoms with Crippen LogP contribution in [0, 0.1) is 0 Å². The predicted molar refractivity (Wildman–Crippen MR) is 84.2 cm³/mol. The molecule has 2 heterocycles. The largest absolute Gasteiger partial charge is 0.321 e. The van der Waals surface area contributed by atoms with Crippen LogP contribution in [0.4, 0.5) is 0 Å². The lowest BCUT2D eigenvalue weighted by Gasteiger charge is -2.14. The number of benzene rings is 1. The minimum atomic E-state index is 0.223. The van der Waals surface area contributed by atoms with Crippen LogP contribution in [0.2, 0.25) is 0 Å². The highest BCUT2D eigenvalue weighted by Gasteiger charge is 2.12. The van der Waals surface area contributed by atoms with Crippen molar-refractivity contribution in [3.8, 4) is 0 Å². The Bertz CT molecular complexity index is 718. The van der Waals surface area contributed by atoms with E-state index in [2.05, 4.69) is 57.6 Å². The van der Waals surface area contributed by atoms with E-state index in [0.29, 0.717) is 0 Å². The van der Waals surface area contributed by atoms with Crippen LogP contribution in [0.25, 0.3) is 11.2 Å². The highest BCUT2D eigenvalue weighted by atomic mass is 15.1. The van der Waals surface area contributed by atoms with Gasteiger partial charge in [-0.15, -0.1) is 0 Å². The van der Waals surface area contributed by atoms with Crippen LogP contribution in [0.1, 0.15) is 44.1 Å². The number of nitrogens with zero attached hydrogens (tertiary/aromatic N) is 4. The summed E-state index contributed by atoms with van der Waals surface area (Å²) >= 11 is 0. The standard InChI is InChI=1S/C17H20N4/c1-3-4-10-16-18-11-15-17(20-16)19-12-21(15)13(2)14-8-6-5-7-9-14/h5-9,11-13H,3-4,10H2,1-2H3. The molecule has 0 fully saturated rings. The van der Waals surface area contributed by atoms with Gasteiger partial charge in [0.15, 0.2) is 5.65 Å². The Morgan fingerprint density at radius 2 is 1.95 bits per heavy atom. The second-order valence-electron chi connectivity index (χ2n) is 5.34. The van der Waals surface area contributed by atoms with Gasteiger partial charge in [0, 0.05) is 6.42 Å². The van der Waals surface area contributed by atoms with Crippen molar-refractivity contribution < 1.29 is 0 Å². The quantitative estimate of drug-likeness (QED) is 0.714. The fourth-order valence-electron chi connectivity index (χ4n) is 2.51. The summed E-state index contributed by atoms with van der Waals surface area (Å²) in [6, 6.07) is 10.6. The second-order valence-corrected chi connectivity index (χ2v) is 5.34. The molecule has 2 aromatic heterocycles. The van der Waals surface area contributed by atoms with E-state index in [4.69, 9.17) is 0 Å². The molecule has 1 unspecified atom stereocenters. The molecule has 3 rings (SSSR count). The maximum Gasteiger partial charge on any atom is 0.181 e. The maximum atomic E-state index is 4.57. The highest BCUT2D eigenvalue weighted by Crippen LogP contribution is 2.22. The van der Waals surface area contributed by atoms with Crippen molar-refractivity contribution in [3.05, 3.63) is 54.2 Å². The molecule has 0 saturated heterocycles. The molecule has 0 spiro atoms. The maximum absolute atomic E-state index is 4.57. The summed E-state index contributed by atoms with van der Waals surface area (Å²) in [4.78, 5) is 13.5. The Kier molecular flexibility index (Phi) is 3.95. The zero-order chi connectivity index (χ0) is 14.7. The van der Waals surface area contributed by atoms with Crippen LogP contribution in [0.5, 0.6) is 0 Å². The van der Waals surface area contributed by atoms with Crippen molar-refractivity contribution in [1.82, 2.24) is 19.5 Å². The van der Waals surface area contributed by atoms with Gasteiger partial charge >= 0.3 is 0 Å². The number of unbranched alkanes of at least 4 members (excludes halogenated alkanes) is 1. The van der Waals surface area contributed by atoms with Crippen molar-refractivity contribution >= 4 is 11.2 Å². The van der Waals surface area contributed by atoms with Crippen LogP contribution in [-0.4, -0.2) is 19.5 Å². The predicted octanol–water partition coefficient (Wildman–Crippen LogP) is 3.78. The van der Waals surface area contributed by atoms with E-state index >= 15 is 0 Å². The molecule has 108 valence electrons. The number of hydrogen-bond acceptors (Lipinski definition) is 3. The zero-order valence-electron chi connectivity index (χ0n) is 12.5. The number of hydrogen-bond donors (Lipinski definition) is 0. The lowest BCUT2D eigenvalue weighted by molar-refractivity contribution is 0.656.